The van der Waals surface area contributed by atoms with Crippen LogP contribution in [-0.4, -0.2) is 16.5 Å². The molecule has 0 saturated heterocycles. The number of thiazole rings is 1. The molecule has 9 heteroatoms. The third-order valence-corrected chi connectivity index (χ3v) is 4.58. The Bertz CT molecular complexity index is 935. The summed E-state index contributed by atoms with van der Waals surface area (Å²) in [6.45, 7) is -0.0455. The molecular weight excluding hydrogens is 374 g/mol. The standard InChI is InChI=1S/C16H11ClF2N2O3S/c17-8-1-4-12-10(5-8)21-13(25-12)6-24-11-3-2-9(18)14(15(11)19)16(23)20-7-22/h1-5,7,16,23H,6H2,(H,20,22). The SMILES string of the molecule is O=CNC(O)c1c(F)ccc(OCc2nc3cc(Cl)ccc3s2)c1F. The third-order valence-electron chi connectivity index (χ3n) is 3.34. The van der Waals surface area contributed by atoms with Gasteiger partial charge in [-0.15, -0.1) is 11.3 Å². The second kappa shape index (κ2) is 7.30. The maximum Gasteiger partial charge on any atom is 0.209 e. The molecule has 1 heterocycles. The van der Waals surface area contributed by atoms with Crippen molar-refractivity contribution in [1.82, 2.24) is 10.3 Å². The lowest BCUT2D eigenvalue weighted by Crippen LogP contribution is -2.21. The summed E-state index contributed by atoms with van der Waals surface area (Å²) >= 11 is 7.26. The van der Waals surface area contributed by atoms with Crippen LogP contribution in [0.3, 0.4) is 0 Å². The van der Waals surface area contributed by atoms with Crippen LogP contribution in [0.5, 0.6) is 5.75 Å². The number of carbonyl (C=O) groups excluding carboxylic acids is 1. The highest BCUT2D eigenvalue weighted by Gasteiger charge is 2.21. The number of aromatic nitrogens is 1. The van der Waals surface area contributed by atoms with Crippen LogP contribution >= 0.6 is 22.9 Å². The molecule has 2 N–H and O–H groups in total. The van der Waals surface area contributed by atoms with Crippen LogP contribution < -0.4 is 10.1 Å². The lowest BCUT2D eigenvalue weighted by Gasteiger charge is -2.14. The van der Waals surface area contributed by atoms with Crippen molar-refractivity contribution in [3.8, 4) is 5.75 Å². The number of aliphatic hydroxyl groups excluding tert-OH is 1. The summed E-state index contributed by atoms with van der Waals surface area (Å²) in [6.07, 6.45) is -1.67. The van der Waals surface area contributed by atoms with Gasteiger partial charge in [0, 0.05) is 5.02 Å². The van der Waals surface area contributed by atoms with E-state index in [1.807, 2.05) is 11.4 Å². The van der Waals surface area contributed by atoms with Crippen molar-refractivity contribution < 1.29 is 23.4 Å². The number of nitrogens with one attached hydrogen (secondary N) is 1. The Morgan fingerprint density at radius 1 is 1.36 bits per heavy atom. The quantitative estimate of drug-likeness (QED) is 0.503. The number of nitrogens with zero attached hydrogens (tertiary/aromatic N) is 1. The van der Waals surface area contributed by atoms with Gasteiger partial charge in [-0.3, -0.25) is 4.79 Å². The van der Waals surface area contributed by atoms with Gasteiger partial charge in [0.25, 0.3) is 0 Å². The van der Waals surface area contributed by atoms with E-state index in [9.17, 15) is 18.7 Å². The Kier molecular flexibility index (Phi) is 5.12. The Morgan fingerprint density at radius 3 is 2.92 bits per heavy atom. The predicted molar refractivity (Wildman–Crippen MR) is 89.5 cm³/mol. The van der Waals surface area contributed by atoms with Crippen LogP contribution in [0, 0.1) is 11.6 Å². The fraction of sp³-hybridized carbons (Fsp3) is 0.125. The molecule has 1 atom stereocenters. The Balaban J connectivity index is 1.82. The molecule has 0 radical (unpaired) electrons. The van der Waals surface area contributed by atoms with Crippen molar-refractivity contribution in [2.75, 3.05) is 0 Å². The van der Waals surface area contributed by atoms with Gasteiger partial charge in [-0.05, 0) is 30.3 Å². The third kappa shape index (κ3) is 3.71. The zero-order valence-corrected chi connectivity index (χ0v) is 14.1. The Labute approximate surface area is 149 Å². The first-order valence-corrected chi connectivity index (χ1v) is 8.22. The van der Waals surface area contributed by atoms with Gasteiger partial charge in [0.15, 0.2) is 17.8 Å². The summed E-state index contributed by atoms with van der Waals surface area (Å²) in [7, 11) is 0. The summed E-state index contributed by atoms with van der Waals surface area (Å²) in [6, 6.07) is 7.30. The van der Waals surface area contributed by atoms with E-state index in [2.05, 4.69) is 4.98 Å². The molecule has 1 amide bonds. The maximum absolute atomic E-state index is 14.4. The molecule has 0 aliphatic rings. The fourth-order valence-corrected chi connectivity index (χ4v) is 3.24. The number of hydrogen-bond donors (Lipinski definition) is 2. The van der Waals surface area contributed by atoms with Crippen molar-refractivity contribution in [2.45, 2.75) is 12.8 Å². The van der Waals surface area contributed by atoms with Crippen LogP contribution in [0.15, 0.2) is 30.3 Å². The number of benzene rings is 2. The molecule has 0 spiro atoms. The minimum absolute atomic E-state index is 0.0455. The van der Waals surface area contributed by atoms with E-state index in [4.69, 9.17) is 16.3 Å². The number of halogens is 3. The lowest BCUT2D eigenvalue weighted by atomic mass is 10.1. The molecule has 0 fully saturated rings. The minimum atomic E-state index is -1.81. The average Bonchev–Trinajstić information content (AvgIpc) is 2.96. The number of aliphatic hydroxyl groups is 1. The summed E-state index contributed by atoms with van der Waals surface area (Å²) in [4.78, 5) is 14.7. The van der Waals surface area contributed by atoms with Crippen molar-refractivity contribution in [3.63, 3.8) is 0 Å². The summed E-state index contributed by atoms with van der Waals surface area (Å²) < 4.78 is 34.3. The predicted octanol–water partition coefficient (Wildman–Crippen LogP) is 3.54. The number of rotatable bonds is 6. The van der Waals surface area contributed by atoms with Gasteiger partial charge in [-0.25, -0.2) is 13.8 Å². The number of amides is 1. The molecular formula is C16H11ClF2N2O3S. The van der Waals surface area contributed by atoms with Crippen LogP contribution in [0.4, 0.5) is 8.78 Å². The Morgan fingerprint density at radius 2 is 2.16 bits per heavy atom. The van der Waals surface area contributed by atoms with E-state index < -0.39 is 23.4 Å². The smallest absolute Gasteiger partial charge is 0.209 e. The van der Waals surface area contributed by atoms with E-state index in [0.29, 0.717) is 15.5 Å². The fourth-order valence-electron chi connectivity index (χ4n) is 2.21. The number of carbonyl (C=O) groups is 1. The first-order valence-electron chi connectivity index (χ1n) is 7.03. The monoisotopic (exact) mass is 384 g/mol. The van der Waals surface area contributed by atoms with Gasteiger partial charge >= 0.3 is 0 Å². The van der Waals surface area contributed by atoms with Crippen molar-refractivity contribution in [2.24, 2.45) is 0 Å². The van der Waals surface area contributed by atoms with Crippen molar-refractivity contribution >= 4 is 39.6 Å². The van der Waals surface area contributed by atoms with Crippen LogP contribution in [0.1, 0.15) is 16.8 Å². The highest BCUT2D eigenvalue weighted by atomic mass is 35.5. The summed E-state index contributed by atoms with van der Waals surface area (Å²) in [5.74, 6) is -2.35. The van der Waals surface area contributed by atoms with Gasteiger partial charge < -0.3 is 15.2 Å². The van der Waals surface area contributed by atoms with Gasteiger partial charge in [0.1, 0.15) is 17.4 Å². The highest BCUT2D eigenvalue weighted by molar-refractivity contribution is 7.18. The minimum Gasteiger partial charge on any atom is -0.483 e. The molecule has 0 aliphatic heterocycles. The average molecular weight is 385 g/mol. The molecule has 25 heavy (non-hydrogen) atoms. The normalized spacial score (nSPS) is 12.2. The first kappa shape index (κ1) is 17.5. The van der Waals surface area contributed by atoms with Gasteiger partial charge in [-0.2, -0.15) is 0 Å². The highest BCUT2D eigenvalue weighted by Crippen LogP contribution is 2.29. The zero-order valence-electron chi connectivity index (χ0n) is 12.5. The number of hydrogen-bond acceptors (Lipinski definition) is 5. The largest absolute Gasteiger partial charge is 0.483 e. The molecule has 0 aliphatic carbocycles. The molecule has 0 saturated carbocycles. The van der Waals surface area contributed by atoms with Crippen LogP contribution in [0.25, 0.3) is 10.2 Å². The van der Waals surface area contributed by atoms with Gasteiger partial charge in [-0.1, -0.05) is 11.6 Å². The van der Waals surface area contributed by atoms with E-state index >= 15 is 0 Å². The van der Waals surface area contributed by atoms with Crippen LogP contribution in [0.2, 0.25) is 5.02 Å². The molecule has 3 rings (SSSR count). The zero-order chi connectivity index (χ0) is 18.0. The topological polar surface area (TPSA) is 71.5 Å². The van der Waals surface area contributed by atoms with E-state index in [-0.39, 0.29) is 18.8 Å². The molecule has 3 aromatic rings. The van der Waals surface area contributed by atoms with Crippen LogP contribution in [-0.2, 0) is 11.4 Å². The molecule has 2 aromatic carbocycles. The Hall–Kier alpha value is -2.29. The second-order valence-electron chi connectivity index (χ2n) is 4.97. The van der Waals surface area contributed by atoms with E-state index in [0.717, 1.165) is 16.8 Å². The summed E-state index contributed by atoms with van der Waals surface area (Å²) in [5, 5.41) is 12.6. The molecule has 130 valence electrons. The summed E-state index contributed by atoms with van der Waals surface area (Å²) in [5.41, 5.74) is 0.00246. The van der Waals surface area contributed by atoms with E-state index in [1.54, 1.807) is 12.1 Å². The first-order chi connectivity index (χ1) is 12.0. The molecule has 1 aromatic heterocycles. The number of fused-ring (bicyclic) bond motifs is 1. The maximum atomic E-state index is 14.4. The lowest BCUT2D eigenvalue weighted by molar-refractivity contribution is -0.112. The van der Waals surface area contributed by atoms with Gasteiger partial charge in [0.05, 0.1) is 15.8 Å². The molecule has 1 unspecified atom stereocenters. The van der Waals surface area contributed by atoms with E-state index in [1.165, 1.54) is 11.3 Å². The van der Waals surface area contributed by atoms with Crippen molar-refractivity contribution in [3.05, 3.63) is 57.6 Å². The molecule has 0 bridgehead atoms. The molecule has 5 nitrogen and oxygen atoms in total. The van der Waals surface area contributed by atoms with Crippen molar-refractivity contribution in [1.29, 1.82) is 0 Å². The second-order valence-corrected chi connectivity index (χ2v) is 6.52. The van der Waals surface area contributed by atoms with Gasteiger partial charge in [0.2, 0.25) is 6.41 Å². The number of ether oxygens (including phenoxy) is 1.